The molecule has 1 N–H and O–H groups in total. The van der Waals surface area contributed by atoms with Crippen LogP contribution in [0.5, 0.6) is 0 Å². The Balaban J connectivity index is 2.40. The smallest absolute Gasteiger partial charge is 0.249 e. The van der Waals surface area contributed by atoms with Gasteiger partial charge in [0, 0.05) is 5.88 Å². The molecule has 4 nitrogen and oxygen atoms in total. The van der Waals surface area contributed by atoms with Crippen molar-refractivity contribution in [2.45, 2.75) is 18.8 Å². The van der Waals surface area contributed by atoms with Gasteiger partial charge in [-0.2, -0.15) is 4.39 Å². The molecule has 0 unspecified atom stereocenters. The highest BCUT2D eigenvalue weighted by Crippen LogP contribution is 2.33. The number of amides is 1. The van der Waals surface area contributed by atoms with Crippen LogP contribution in [0.2, 0.25) is 0 Å². The van der Waals surface area contributed by atoms with Gasteiger partial charge < -0.3 is 5.32 Å². The van der Waals surface area contributed by atoms with Gasteiger partial charge in [0.25, 0.3) is 0 Å². The number of nitrogens with zero attached hydrogens (tertiary/aromatic N) is 2. The van der Waals surface area contributed by atoms with Crippen LogP contribution in [-0.2, 0) is 10.7 Å². The Morgan fingerprint density at radius 1 is 1.59 bits per heavy atom. The molecular formula is C11H9ClFN3O. The molecule has 0 saturated carbocycles. The summed E-state index contributed by atoms with van der Waals surface area (Å²) in [7, 11) is 0. The van der Waals surface area contributed by atoms with E-state index in [0.717, 1.165) is 5.56 Å². The summed E-state index contributed by atoms with van der Waals surface area (Å²) in [6.45, 7) is 1.68. The van der Waals surface area contributed by atoms with Gasteiger partial charge >= 0.3 is 0 Å². The second-order valence-corrected chi connectivity index (χ2v) is 4.34. The molecule has 1 atom stereocenters. The van der Waals surface area contributed by atoms with Crippen LogP contribution >= 0.6 is 11.6 Å². The minimum Gasteiger partial charge on any atom is -0.322 e. The van der Waals surface area contributed by atoms with Gasteiger partial charge in [-0.1, -0.05) is 0 Å². The highest BCUT2D eigenvalue weighted by Gasteiger charge is 2.28. The van der Waals surface area contributed by atoms with Crippen LogP contribution in [0.4, 0.5) is 10.1 Å². The van der Waals surface area contributed by atoms with Gasteiger partial charge in [-0.15, -0.1) is 16.7 Å². The van der Waals surface area contributed by atoms with E-state index in [4.69, 9.17) is 11.6 Å². The standard InChI is InChI=1S/C11H9ClFN3O/c1-5-11(17)14-8-3-6(4-12)2-7-9(8)16(5)15-10(7)13/h2-3,5H,4H2,1H3,(H,14,17)/t5-/m0/s1. The van der Waals surface area contributed by atoms with Crippen molar-refractivity contribution in [1.82, 2.24) is 9.78 Å². The largest absolute Gasteiger partial charge is 0.322 e. The zero-order valence-electron chi connectivity index (χ0n) is 9.00. The van der Waals surface area contributed by atoms with Crippen molar-refractivity contribution < 1.29 is 9.18 Å². The Morgan fingerprint density at radius 2 is 2.35 bits per heavy atom. The van der Waals surface area contributed by atoms with Crippen LogP contribution in [-0.4, -0.2) is 15.7 Å². The molecule has 3 rings (SSSR count). The molecule has 1 amide bonds. The van der Waals surface area contributed by atoms with Crippen molar-refractivity contribution in [2.24, 2.45) is 0 Å². The van der Waals surface area contributed by atoms with Crippen LogP contribution in [0.3, 0.4) is 0 Å². The molecule has 0 bridgehead atoms. The molecule has 0 saturated heterocycles. The molecule has 1 aromatic carbocycles. The number of benzene rings is 1. The molecular weight excluding hydrogens is 245 g/mol. The summed E-state index contributed by atoms with van der Waals surface area (Å²) in [5.74, 6) is -0.510. The van der Waals surface area contributed by atoms with E-state index < -0.39 is 12.0 Å². The van der Waals surface area contributed by atoms with Crippen molar-refractivity contribution in [3.05, 3.63) is 23.6 Å². The van der Waals surface area contributed by atoms with Crippen LogP contribution in [0, 0.1) is 5.95 Å². The molecule has 1 aliphatic rings. The Hall–Kier alpha value is -1.62. The lowest BCUT2D eigenvalue weighted by Gasteiger charge is -2.21. The predicted octanol–water partition coefficient (Wildman–Crippen LogP) is 2.43. The lowest BCUT2D eigenvalue weighted by molar-refractivity contribution is -0.119. The zero-order chi connectivity index (χ0) is 12.2. The lowest BCUT2D eigenvalue weighted by Crippen LogP contribution is -2.28. The normalized spacial score (nSPS) is 18.5. The zero-order valence-corrected chi connectivity index (χ0v) is 9.75. The van der Waals surface area contributed by atoms with Gasteiger partial charge in [-0.25, -0.2) is 4.68 Å². The van der Waals surface area contributed by atoms with Crippen molar-refractivity contribution >= 4 is 34.1 Å². The van der Waals surface area contributed by atoms with Crippen molar-refractivity contribution in [2.75, 3.05) is 5.32 Å². The number of carbonyl (C=O) groups is 1. The van der Waals surface area contributed by atoms with Crippen LogP contribution in [0.15, 0.2) is 12.1 Å². The van der Waals surface area contributed by atoms with E-state index in [-0.39, 0.29) is 11.8 Å². The average molecular weight is 254 g/mol. The Kier molecular flexibility index (Phi) is 2.13. The summed E-state index contributed by atoms with van der Waals surface area (Å²) in [5.41, 5.74) is 1.93. The second-order valence-electron chi connectivity index (χ2n) is 4.07. The van der Waals surface area contributed by atoms with Gasteiger partial charge in [0.2, 0.25) is 11.9 Å². The fourth-order valence-corrected chi connectivity index (χ4v) is 2.25. The number of alkyl halides is 1. The van der Waals surface area contributed by atoms with E-state index in [2.05, 4.69) is 10.4 Å². The van der Waals surface area contributed by atoms with Gasteiger partial charge in [-0.05, 0) is 24.6 Å². The van der Waals surface area contributed by atoms with Crippen LogP contribution < -0.4 is 5.32 Å². The molecule has 0 radical (unpaired) electrons. The first-order chi connectivity index (χ1) is 8.11. The first kappa shape index (κ1) is 10.5. The summed E-state index contributed by atoms with van der Waals surface area (Å²) in [4.78, 5) is 11.7. The van der Waals surface area contributed by atoms with Crippen molar-refractivity contribution in [1.29, 1.82) is 0 Å². The Bertz CT molecular complexity index is 637. The summed E-state index contributed by atoms with van der Waals surface area (Å²) in [6, 6.07) is 2.90. The summed E-state index contributed by atoms with van der Waals surface area (Å²) >= 11 is 5.74. The van der Waals surface area contributed by atoms with E-state index in [1.165, 1.54) is 4.68 Å². The minimum atomic E-state index is -0.573. The highest BCUT2D eigenvalue weighted by molar-refractivity contribution is 6.17. The third kappa shape index (κ3) is 1.35. The summed E-state index contributed by atoms with van der Waals surface area (Å²) in [6.07, 6.45) is 0. The number of carbonyl (C=O) groups excluding carboxylic acids is 1. The van der Waals surface area contributed by atoms with Crippen molar-refractivity contribution in [3.8, 4) is 0 Å². The SMILES string of the molecule is C[C@H]1C(=O)Nc2cc(CCl)cc3c(F)nn1c23. The maximum atomic E-state index is 13.7. The number of aromatic nitrogens is 2. The fraction of sp³-hybridized carbons (Fsp3) is 0.273. The highest BCUT2D eigenvalue weighted by atomic mass is 35.5. The fourth-order valence-electron chi connectivity index (χ4n) is 2.10. The quantitative estimate of drug-likeness (QED) is 0.794. The topological polar surface area (TPSA) is 46.9 Å². The molecule has 1 aliphatic heterocycles. The van der Waals surface area contributed by atoms with E-state index in [0.29, 0.717) is 16.6 Å². The molecule has 6 heteroatoms. The monoisotopic (exact) mass is 253 g/mol. The molecule has 88 valence electrons. The van der Waals surface area contributed by atoms with E-state index >= 15 is 0 Å². The number of halogens is 2. The Labute approximate surface area is 101 Å². The van der Waals surface area contributed by atoms with Gasteiger partial charge in [0.05, 0.1) is 16.6 Å². The number of anilines is 1. The number of nitrogens with one attached hydrogen (secondary N) is 1. The van der Waals surface area contributed by atoms with Gasteiger partial charge in [0.1, 0.15) is 6.04 Å². The maximum absolute atomic E-state index is 13.7. The second kappa shape index (κ2) is 3.43. The Morgan fingerprint density at radius 3 is 3.06 bits per heavy atom. The molecule has 2 aromatic rings. The van der Waals surface area contributed by atoms with Gasteiger partial charge in [0.15, 0.2) is 0 Å². The van der Waals surface area contributed by atoms with Crippen LogP contribution in [0.25, 0.3) is 10.9 Å². The predicted molar refractivity (Wildman–Crippen MR) is 62.6 cm³/mol. The van der Waals surface area contributed by atoms with E-state index in [9.17, 15) is 9.18 Å². The van der Waals surface area contributed by atoms with Crippen molar-refractivity contribution in [3.63, 3.8) is 0 Å². The molecule has 0 aliphatic carbocycles. The first-order valence-electron chi connectivity index (χ1n) is 5.19. The maximum Gasteiger partial charge on any atom is 0.249 e. The third-order valence-corrected chi connectivity index (χ3v) is 3.28. The first-order valence-corrected chi connectivity index (χ1v) is 5.72. The molecule has 1 aromatic heterocycles. The lowest BCUT2D eigenvalue weighted by atomic mass is 10.1. The number of rotatable bonds is 1. The molecule has 17 heavy (non-hydrogen) atoms. The number of hydrogen-bond acceptors (Lipinski definition) is 2. The molecule has 0 spiro atoms. The molecule has 2 heterocycles. The van der Waals surface area contributed by atoms with E-state index in [1.54, 1.807) is 19.1 Å². The summed E-state index contributed by atoms with van der Waals surface area (Å²) in [5, 5.41) is 6.90. The average Bonchev–Trinajstić information content (AvgIpc) is 2.65. The summed E-state index contributed by atoms with van der Waals surface area (Å²) < 4.78 is 15.1. The third-order valence-electron chi connectivity index (χ3n) is 2.98. The number of hydrogen-bond donors (Lipinski definition) is 1. The van der Waals surface area contributed by atoms with Gasteiger partial charge in [-0.3, -0.25) is 4.79 Å². The minimum absolute atomic E-state index is 0.200. The molecule has 0 fully saturated rings. The van der Waals surface area contributed by atoms with E-state index in [1.807, 2.05) is 0 Å². The van der Waals surface area contributed by atoms with Crippen LogP contribution in [0.1, 0.15) is 18.5 Å².